The lowest BCUT2D eigenvalue weighted by Crippen LogP contribution is -2.12. The summed E-state index contributed by atoms with van der Waals surface area (Å²) in [7, 11) is 0. The Labute approximate surface area is 145 Å². The monoisotopic (exact) mass is 334 g/mol. The number of ketones is 2. The summed E-state index contributed by atoms with van der Waals surface area (Å²) in [4.78, 5) is 34.3. The van der Waals surface area contributed by atoms with Crippen LogP contribution in [0.5, 0.6) is 0 Å². The summed E-state index contributed by atoms with van der Waals surface area (Å²) in [6.45, 7) is 2.12. The van der Waals surface area contributed by atoms with Gasteiger partial charge in [-0.3, -0.25) is 14.4 Å². The molecule has 0 bridgehead atoms. The number of carbonyl (C=O) groups excluding carboxylic acids is 2. The van der Waals surface area contributed by atoms with E-state index in [1.807, 2.05) is 18.2 Å². The number of unbranched alkanes of at least 4 members (excludes halogenated alkanes) is 3. The molecule has 4 nitrogen and oxygen atoms in total. The number of allylic oxidation sites excluding steroid dienone is 4. The summed E-state index contributed by atoms with van der Waals surface area (Å²) < 4.78 is 0. The Morgan fingerprint density at radius 1 is 1.17 bits per heavy atom. The summed E-state index contributed by atoms with van der Waals surface area (Å²) in [6, 6.07) is 0. The van der Waals surface area contributed by atoms with Crippen molar-refractivity contribution in [1.29, 1.82) is 0 Å². The van der Waals surface area contributed by atoms with Crippen molar-refractivity contribution in [3.05, 3.63) is 24.3 Å². The molecule has 134 valence electrons. The Bertz CT molecular complexity index is 476. The van der Waals surface area contributed by atoms with E-state index in [2.05, 4.69) is 6.92 Å². The zero-order chi connectivity index (χ0) is 17.8. The van der Waals surface area contributed by atoms with Crippen molar-refractivity contribution in [3.8, 4) is 0 Å². The largest absolute Gasteiger partial charge is 0.481 e. The molecule has 1 aliphatic carbocycles. The maximum atomic E-state index is 12.0. The van der Waals surface area contributed by atoms with Crippen molar-refractivity contribution in [1.82, 2.24) is 0 Å². The third-order valence-electron chi connectivity index (χ3n) is 4.53. The van der Waals surface area contributed by atoms with E-state index < -0.39 is 5.97 Å². The average Bonchev–Trinajstić information content (AvgIpc) is 2.89. The van der Waals surface area contributed by atoms with Gasteiger partial charge >= 0.3 is 5.97 Å². The average molecular weight is 334 g/mol. The Balaban J connectivity index is 2.38. The van der Waals surface area contributed by atoms with E-state index >= 15 is 0 Å². The molecule has 0 amide bonds. The maximum Gasteiger partial charge on any atom is 0.303 e. The summed E-state index contributed by atoms with van der Waals surface area (Å²) in [5.41, 5.74) is 0. The van der Waals surface area contributed by atoms with Crippen LogP contribution < -0.4 is 0 Å². The van der Waals surface area contributed by atoms with Crippen LogP contribution in [0.1, 0.15) is 71.1 Å². The quantitative estimate of drug-likeness (QED) is 0.324. The fraction of sp³-hybridized carbons (Fsp3) is 0.650. The predicted octanol–water partition coefficient (Wildman–Crippen LogP) is 4.49. The van der Waals surface area contributed by atoms with Crippen LogP contribution in [0.3, 0.4) is 0 Å². The molecule has 1 N–H and O–H groups in total. The molecule has 0 aromatic rings. The second-order valence-electron chi connectivity index (χ2n) is 6.55. The zero-order valence-corrected chi connectivity index (χ0v) is 14.7. The fourth-order valence-corrected chi connectivity index (χ4v) is 3.07. The lowest BCUT2D eigenvalue weighted by atomic mass is 9.91. The van der Waals surface area contributed by atoms with Crippen LogP contribution in [0.2, 0.25) is 0 Å². The number of hydrogen-bond donors (Lipinski definition) is 1. The van der Waals surface area contributed by atoms with Gasteiger partial charge in [0, 0.05) is 25.2 Å². The number of aliphatic carboxylic acids is 1. The van der Waals surface area contributed by atoms with E-state index in [9.17, 15) is 14.4 Å². The SMILES string of the molecule is CCCCCC(=O)/C=C/C1CCC(=O)C1C/C=C\CCCC(=O)O. The van der Waals surface area contributed by atoms with E-state index in [4.69, 9.17) is 5.11 Å². The summed E-state index contributed by atoms with van der Waals surface area (Å²) in [5, 5.41) is 8.58. The highest BCUT2D eigenvalue weighted by atomic mass is 16.4. The van der Waals surface area contributed by atoms with Crippen molar-refractivity contribution >= 4 is 17.5 Å². The van der Waals surface area contributed by atoms with Gasteiger partial charge in [0.15, 0.2) is 5.78 Å². The molecule has 0 aromatic heterocycles. The number of carboxylic acid groups (broad SMARTS) is 1. The number of hydrogen-bond acceptors (Lipinski definition) is 3. The van der Waals surface area contributed by atoms with Gasteiger partial charge in [0.05, 0.1) is 0 Å². The van der Waals surface area contributed by atoms with Crippen molar-refractivity contribution in [3.63, 3.8) is 0 Å². The minimum atomic E-state index is -0.775. The molecule has 0 heterocycles. The molecule has 2 atom stereocenters. The molecule has 0 aromatic carbocycles. The van der Waals surface area contributed by atoms with E-state index in [1.54, 1.807) is 6.08 Å². The molecule has 0 aliphatic heterocycles. The zero-order valence-electron chi connectivity index (χ0n) is 14.7. The van der Waals surface area contributed by atoms with Crippen LogP contribution in [-0.2, 0) is 14.4 Å². The van der Waals surface area contributed by atoms with Gasteiger partial charge in [-0.05, 0) is 44.1 Å². The molecule has 0 spiro atoms. The van der Waals surface area contributed by atoms with Crippen LogP contribution in [0, 0.1) is 11.8 Å². The van der Waals surface area contributed by atoms with Crippen LogP contribution >= 0.6 is 0 Å². The molecule has 0 radical (unpaired) electrons. The summed E-state index contributed by atoms with van der Waals surface area (Å²) >= 11 is 0. The summed E-state index contributed by atoms with van der Waals surface area (Å²) in [6.07, 6.45) is 14.9. The highest BCUT2D eigenvalue weighted by Crippen LogP contribution is 2.32. The molecule has 1 rings (SSSR count). The van der Waals surface area contributed by atoms with Crippen LogP contribution in [-0.4, -0.2) is 22.6 Å². The van der Waals surface area contributed by atoms with Gasteiger partial charge in [0.1, 0.15) is 5.78 Å². The third kappa shape index (κ3) is 8.23. The minimum absolute atomic E-state index is 0.0274. The standard InChI is InChI=1S/C20H30O4/c1-2-3-6-9-17(21)14-12-16-13-15-19(22)18(16)10-7-4-5-8-11-20(23)24/h4,7,12,14,16,18H,2-3,5-6,8-11,13,15H2,1H3,(H,23,24)/b7-4-,14-12+. The molecule has 0 saturated heterocycles. The first-order valence-electron chi connectivity index (χ1n) is 9.15. The first kappa shape index (κ1) is 20.3. The normalized spacial score (nSPS) is 21.1. The van der Waals surface area contributed by atoms with Gasteiger partial charge in [-0.25, -0.2) is 0 Å². The van der Waals surface area contributed by atoms with Crippen molar-refractivity contribution in [2.24, 2.45) is 11.8 Å². The summed E-state index contributed by atoms with van der Waals surface area (Å²) in [5.74, 6) is -0.205. The van der Waals surface area contributed by atoms with Gasteiger partial charge in [0.25, 0.3) is 0 Å². The van der Waals surface area contributed by atoms with Gasteiger partial charge in [-0.1, -0.05) is 38.0 Å². The number of carboxylic acids is 1. The Morgan fingerprint density at radius 2 is 1.96 bits per heavy atom. The number of rotatable bonds is 12. The predicted molar refractivity (Wildman–Crippen MR) is 94.8 cm³/mol. The fourth-order valence-electron chi connectivity index (χ4n) is 3.07. The molecule has 2 unspecified atom stereocenters. The topological polar surface area (TPSA) is 71.4 Å². The highest BCUT2D eigenvalue weighted by molar-refractivity contribution is 5.90. The smallest absolute Gasteiger partial charge is 0.303 e. The first-order valence-corrected chi connectivity index (χ1v) is 9.15. The molecule has 24 heavy (non-hydrogen) atoms. The second kappa shape index (κ2) is 11.8. The van der Waals surface area contributed by atoms with Crippen LogP contribution in [0.4, 0.5) is 0 Å². The highest BCUT2D eigenvalue weighted by Gasteiger charge is 2.31. The van der Waals surface area contributed by atoms with Gasteiger partial charge in [-0.2, -0.15) is 0 Å². The number of carbonyl (C=O) groups is 3. The Hall–Kier alpha value is -1.71. The van der Waals surface area contributed by atoms with Gasteiger partial charge < -0.3 is 5.11 Å². The lowest BCUT2D eigenvalue weighted by molar-refractivity contribution is -0.137. The second-order valence-corrected chi connectivity index (χ2v) is 6.55. The number of Topliss-reactive ketones (excluding diaryl/α,β-unsaturated/α-hetero) is 1. The van der Waals surface area contributed by atoms with Crippen molar-refractivity contribution in [2.75, 3.05) is 0 Å². The van der Waals surface area contributed by atoms with E-state index in [1.165, 1.54) is 0 Å². The van der Waals surface area contributed by atoms with Gasteiger partial charge in [0.2, 0.25) is 0 Å². The van der Waals surface area contributed by atoms with E-state index in [0.29, 0.717) is 25.7 Å². The van der Waals surface area contributed by atoms with Crippen LogP contribution in [0.15, 0.2) is 24.3 Å². The van der Waals surface area contributed by atoms with E-state index in [-0.39, 0.29) is 29.8 Å². The molecular weight excluding hydrogens is 304 g/mol. The van der Waals surface area contributed by atoms with Crippen molar-refractivity contribution < 1.29 is 19.5 Å². The Kier molecular flexibility index (Phi) is 9.97. The molecule has 1 saturated carbocycles. The van der Waals surface area contributed by atoms with Crippen molar-refractivity contribution in [2.45, 2.75) is 71.1 Å². The molecular formula is C20H30O4. The Morgan fingerprint density at radius 3 is 2.67 bits per heavy atom. The maximum absolute atomic E-state index is 12.0. The van der Waals surface area contributed by atoms with E-state index in [0.717, 1.165) is 32.1 Å². The molecule has 4 heteroatoms. The third-order valence-corrected chi connectivity index (χ3v) is 4.53. The minimum Gasteiger partial charge on any atom is -0.481 e. The molecule has 1 aliphatic rings. The molecule has 1 fully saturated rings. The first-order chi connectivity index (χ1) is 11.5. The van der Waals surface area contributed by atoms with Gasteiger partial charge in [-0.15, -0.1) is 0 Å². The van der Waals surface area contributed by atoms with Crippen LogP contribution in [0.25, 0.3) is 0 Å². The lowest BCUT2D eigenvalue weighted by Gasteiger charge is -2.12.